The molecule has 0 bridgehead atoms. The van der Waals surface area contributed by atoms with Crippen LogP contribution >= 0.6 is 0 Å². The normalized spacial score (nSPS) is 13.1. The van der Waals surface area contributed by atoms with E-state index < -0.39 is 22.0 Å². The number of aryl methyl sites for hydroxylation is 2. The van der Waals surface area contributed by atoms with Crippen LogP contribution < -0.4 is 10.1 Å². The van der Waals surface area contributed by atoms with Crippen molar-refractivity contribution >= 4 is 22.1 Å². The third-order valence-corrected chi connectivity index (χ3v) is 5.59. The lowest BCUT2D eigenvalue weighted by atomic mass is 10.1. The van der Waals surface area contributed by atoms with Crippen molar-refractivity contribution in [3.8, 4) is 0 Å². The van der Waals surface area contributed by atoms with Crippen molar-refractivity contribution < 1.29 is 13.2 Å². The van der Waals surface area contributed by atoms with Gasteiger partial charge in [0.25, 0.3) is 5.91 Å². The zero-order chi connectivity index (χ0) is 20.0. The van der Waals surface area contributed by atoms with E-state index in [9.17, 15) is 13.2 Å². The molecule has 0 heterocycles. The maximum Gasteiger partial charge on any atom is 0.258 e. The Morgan fingerprint density at radius 1 is 1.04 bits per heavy atom. The number of amides is 1. The monoisotopic (exact) mass is 387 g/mol. The molecule has 6 nitrogen and oxygen atoms in total. The number of nitrogens with one attached hydrogen (secondary N) is 2. The fourth-order valence-corrected chi connectivity index (χ4v) is 3.76. The van der Waals surface area contributed by atoms with Crippen molar-refractivity contribution in [2.45, 2.75) is 38.6 Å². The van der Waals surface area contributed by atoms with Gasteiger partial charge in [-0.3, -0.25) is 4.79 Å². The summed E-state index contributed by atoms with van der Waals surface area (Å²) < 4.78 is 27.6. The van der Waals surface area contributed by atoms with Crippen LogP contribution in [0.3, 0.4) is 0 Å². The maximum atomic E-state index is 12.6. The molecular formula is C20H25N3O3S. The highest BCUT2D eigenvalue weighted by atomic mass is 32.2. The predicted octanol–water partition coefficient (Wildman–Crippen LogP) is 2.76. The number of carbonyl (C=O) groups excluding carboxylic acids is 1. The zero-order valence-electron chi connectivity index (χ0n) is 15.9. The van der Waals surface area contributed by atoms with Gasteiger partial charge in [-0.2, -0.15) is 9.82 Å². The number of hydrogen-bond acceptors (Lipinski definition) is 4. The molecule has 0 unspecified atom stereocenters. The smallest absolute Gasteiger partial charge is 0.258 e. The van der Waals surface area contributed by atoms with Gasteiger partial charge in [0.2, 0.25) is 10.0 Å². The molecule has 0 spiro atoms. The molecule has 1 amide bonds. The topological polar surface area (TPSA) is 87.6 Å². The first-order valence-corrected chi connectivity index (χ1v) is 10.2. The Labute approximate surface area is 160 Å². The van der Waals surface area contributed by atoms with Crippen molar-refractivity contribution in [2.24, 2.45) is 11.0 Å². The van der Waals surface area contributed by atoms with Gasteiger partial charge in [0.1, 0.15) is 6.04 Å². The molecule has 0 aliphatic carbocycles. The number of nitrogens with zero attached hydrogens (tertiary/aromatic N) is 1. The molecule has 27 heavy (non-hydrogen) atoms. The van der Waals surface area contributed by atoms with Crippen molar-refractivity contribution in [3.05, 3.63) is 65.2 Å². The predicted molar refractivity (Wildman–Crippen MR) is 107 cm³/mol. The van der Waals surface area contributed by atoms with Crippen LogP contribution in [0.4, 0.5) is 0 Å². The first-order valence-electron chi connectivity index (χ1n) is 8.68. The van der Waals surface area contributed by atoms with E-state index in [0.717, 1.165) is 16.7 Å². The fourth-order valence-electron chi connectivity index (χ4n) is 2.41. The first-order chi connectivity index (χ1) is 12.7. The number of hydrogen-bond donors (Lipinski definition) is 2. The summed E-state index contributed by atoms with van der Waals surface area (Å²) in [6.45, 7) is 7.36. The highest BCUT2D eigenvalue weighted by molar-refractivity contribution is 7.89. The van der Waals surface area contributed by atoms with Gasteiger partial charge in [0.15, 0.2) is 0 Å². The van der Waals surface area contributed by atoms with E-state index in [2.05, 4.69) is 15.2 Å². The van der Waals surface area contributed by atoms with E-state index in [1.807, 2.05) is 38.1 Å². The Hall–Kier alpha value is -2.51. The van der Waals surface area contributed by atoms with Gasteiger partial charge in [-0.1, -0.05) is 55.8 Å². The van der Waals surface area contributed by atoms with Gasteiger partial charge >= 0.3 is 0 Å². The third kappa shape index (κ3) is 5.74. The zero-order valence-corrected chi connectivity index (χ0v) is 16.7. The van der Waals surface area contributed by atoms with E-state index in [1.165, 1.54) is 12.1 Å². The van der Waals surface area contributed by atoms with Crippen LogP contribution in [0.1, 0.15) is 30.5 Å². The lowest BCUT2D eigenvalue weighted by Crippen LogP contribution is -2.48. The van der Waals surface area contributed by atoms with Crippen molar-refractivity contribution in [3.63, 3.8) is 0 Å². The van der Waals surface area contributed by atoms with Crippen LogP contribution in [0, 0.1) is 19.8 Å². The van der Waals surface area contributed by atoms with Crippen molar-refractivity contribution in [1.29, 1.82) is 0 Å². The molecule has 0 fully saturated rings. The lowest BCUT2D eigenvalue weighted by molar-refractivity contribution is -0.123. The molecule has 1 atom stereocenters. The van der Waals surface area contributed by atoms with Gasteiger partial charge in [0, 0.05) is 0 Å². The van der Waals surface area contributed by atoms with Gasteiger partial charge in [0.05, 0.1) is 11.1 Å². The Bertz CT molecular complexity index is 920. The van der Waals surface area contributed by atoms with Crippen molar-refractivity contribution in [2.75, 3.05) is 0 Å². The molecule has 0 saturated heterocycles. The summed E-state index contributed by atoms with van der Waals surface area (Å²) in [6, 6.07) is 13.1. The summed E-state index contributed by atoms with van der Waals surface area (Å²) in [7, 11) is -3.81. The summed E-state index contributed by atoms with van der Waals surface area (Å²) >= 11 is 0. The quantitative estimate of drug-likeness (QED) is 0.566. The summed E-state index contributed by atoms with van der Waals surface area (Å²) in [6.07, 6.45) is 1.54. The van der Waals surface area contributed by atoms with Gasteiger partial charge in [-0.15, -0.1) is 0 Å². The third-order valence-electron chi connectivity index (χ3n) is 4.13. The van der Waals surface area contributed by atoms with E-state index >= 15 is 0 Å². The Morgan fingerprint density at radius 3 is 2.26 bits per heavy atom. The number of carbonyl (C=O) groups is 1. The van der Waals surface area contributed by atoms with E-state index in [1.54, 1.807) is 32.2 Å². The minimum Gasteiger partial charge on any atom is -0.271 e. The fraction of sp³-hybridized carbons (Fsp3) is 0.300. The lowest BCUT2D eigenvalue weighted by Gasteiger charge is -2.20. The van der Waals surface area contributed by atoms with E-state index in [4.69, 9.17) is 0 Å². The van der Waals surface area contributed by atoms with Crippen LogP contribution in [0.2, 0.25) is 0 Å². The second-order valence-corrected chi connectivity index (χ2v) is 8.46. The molecule has 0 aliphatic heterocycles. The number of hydrazone groups is 1. The molecule has 0 aromatic heterocycles. The molecular weight excluding hydrogens is 362 g/mol. The Morgan fingerprint density at radius 2 is 1.67 bits per heavy atom. The second-order valence-electron chi connectivity index (χ2n) is 6.75. The highest BCUT2D eigenvalue weighted by Gasteiger charge is 2.28. The number of sulfonamides is 1. The average molecular weight is 388 g/mol. The van der Waals surface area contributed by atoms with Gasteiger partial charge in [-0.05, 0) is 43.0 Å². The minimum atomic E-state index is -3.81. The Balaban J connectivity index is 2.11. The summed E-state index contributed by atoms with van der Waals surface area (Å²) in [5.41, 5.74) is 5.28. The summed E-state index contributed by atoms with van der Waals surface area (Å²) in [5.74, 6) is -0.760. The highest BCUT2D eigenvalue weighted by Crippen LogP contribution is 2.13. The van der Waals surface area contributed by atoms with E-state index in [-0.39, 0.29) is 10.8 Å². The molecule has 0 radical (unpaired) electrons. The van der Waals surface area contributed by atoms with Crippen molar-refractivity contribution in [1.82, 2.24) is 10.1 Å². The van der Waals surface area contributed by atoms with Crippen LogP contribution in [0.5, 0.6) is 0 Å². The molecule has 2 rings (SSSR count). The average Bonchev–Trinajstić information content (AvgIpc) is 2.61. The second kappa shape index (κ2) is 8.92. The van der Waals surface area contributed by atoms with Gasteiger partial charge in [-0.25, -0.2) is 13.8 Å². The van der Waals surface area contributed by atoms with Crippen LogP contribution in [0.15, 0.2) is 58.5 Å². The van der Waals surface area contributed by atoms with Crippen LogP contribution in [-0.4, -0.2) is 26.6 Å². The molecule has 0 aliphatic rings. The van der Waals surface area contributed by atoms with Crippen LogP contribution in [0.25, 0.3) is 0 Å². The first kappa shape index (κ1) is 20.8. The summed E-state index contributed by atoms with van der Waals surface area (Å²) in [5, 5.41) is 3.96. The Kier molecular flexibility index (Phi) is 6.87. The van der Waals surface area contributed by atoms with E-state index in [0.29, 0.717) is 0 Å². The van der Waals surface area contributed by atoms with Gasteiger partial charge < -0.3 is 0 Å². The molecule has 0 saturated carbocycles. The molecule has 144 valence electrons. The largest absolute Gasteiger partial charge is 0.271 e. The molecule has 2 N–H and O–H groups in total. The summed E-state index contributed by atoms with van der Waals surface area (Å²) in [4.78, 5) is 12.6. The SMILES string of the molecule is Cc1ccc(S(=O)(=O)N[C@H](C(=O)N/N=C\c2ccccc2C)C(C)C)cc1. The maximum absolute atomic E-state index is 12.6. The standard InChI is InChI=1S/C20H25N3O3S/c1-14(2)19(23-27(25,26)18-11-9-15(3)10-12-18)20(24)22-21-13-17-8-6-5-7-16(17)4/h5-14,19,23H,1-4H3,(H,22,24)/b21-13-/t19-/m0/s1. The molecule has 2 aromatic rings. The number of rotatable bonds is 7. The molecule has 2 aromatic carbocycles. The number of benzene rings is 2. The molecule has 7 heteroatoms. The van der Waals surface area contributed by atoms with Crippen LogP contribution in [-0.2, 0) is 14.8 Å². The minimum absolute atomic E-state index is 0.120.